The number of benzene rings is 2. The van der Waals surface area contributed by atoms with Crippen LogP contribution in [0.3, 0.4) is 0 Å². The molecule has 0 aliphatic carbocycles. The first-order valence-corrected chi connectivity index (χ1v) is 8.58. The van der Waals surface area contributed by atoms with E-state index in [0.717, 1.165) is 12.1 Å². The molecule has 1 atom stereocenters. The molecule has 0 radical (unpaired) electrons. The molecule has 0 fully saturated rings. The standard InChI is InChI=1S/C18H15ClN2O7/c19-14-7-11(21(24)25)5-6-13(14)18(23)27-10-17(22)20-8-12-9-26-15-3-1-2-4-16(15)28-12/h1-7,12H,8-10H2,(H,20,22)/t12-/m0/s1. The third-order valence-corrected chi connectivity index (χ3v) is 4.12. The number of carbonyl (C=O) groups excluding carboxylic acids is 2. The Labute approximate surface area is 164 Å². The van der Waals surface area contributed by atoms with Crippen molar-refractivity contribution >= 4 is 29.2 Å². The lowest BCUT2D eigenvalue weighted by Crippen LogP contribution is -2.42. The molecule has 0 aromatic heterocycles. The van der Waals surface area contributed by atoms with E-state index in [-0.39, 0.29) is 35.5 Å². The van der Waals surface area contributed by atoms with Gasteiger partial charge >= 0.3 is 5.97 Å². The third kappa shape index (κ3) is 4.68. The molecule has 0 spiro atoms. The molecule has 9 nitrogen and oxygen atoms in total. The van der Waals surface area contributed by atoms with Gasteiger partial charge in [0.15, 0.2) is 18.1 Å². The highest BCUT2D eigenvalue weighted by molar-refractivity contribution is 6.33. The van der Waals surface area contributed by atoms with Gasteiger partial charge in [-0.25, -0.2) is 4.79 Å². The van der Waals surface area contributed by atoms with Gasteiger partial charge in [-0.05, 0) is 18.2 Å². The summed E-state index contributed by atoms with van der Waals surface area (Å²) in [5.74, 6) is -0.165. The lowest BCUT2D eigenvalue weighted by molar-refractivity contribution is -0.384. The van der Waals surface area contributed by atoms with Gasteiger partial charge in [-0.1, -0.05) is 23.7 Å². The van der Waals surface area contributed by atoms with Gasteiger partial charge in [-0.15, -0.1) is 0 Å². The van der Waals surface area contributed by atoms with E-state index in [0.29, 0.717) is 11.5 Å². The SMILES string of the molecule is O=C(COC(=O)c1ccc([N+](=O)[O-])cc1Cl)NC[C@H]1COc2ccccc2O1. The summed E-state index contributed by atoms with van der Waals surface area (Å²) in [4.78, 5) is 33.9. The van der Waals surface area contributed by atoms with Crippen LogP contribution >= 0.6 is 11.6 Å². The van der Waals surface area contributed by atoms with Gasteiger partial charge in [0.05, 0.1) is 22.1 Å². The van der Waals surface area contributed by atoms with E-state index < -0.39 is 23.4 Å². The molecule has 10 heteroatoms. The monoisotopic (exact) mass is 406 g/mol. The van der Waals surface area contributed by atoms with E-state index in [1.165, 1.54) is 6.07 Å². The molecular weight excluding hydrogens is 392 g/mol. The van der Waals surface area contributed by atoms with Crippen LogP contribution in [-0.4, -0.2) is 42.7 Å². The van der Waals surface area contributed by atoms with Crippen LogP contribution in [0.15, 0.2) is 42.5 Å². The summed E-state index contributed by atoms with van der Waals surface area (Å²) in [5.41, 5.74) is -0.323. The lowest BCUT2D eigenvalue weighted by atomic mass is 10.2. The fourth-order valence-corrected chi connectivity index (χ4v) is 2.69. The van der Waals surface area contributed by atoms with Crippen LogP contribution in [0.1, 0.15) is 10.4 Å². The van der Waals surface area contributed by atoms with Gasteiger partial charge in [-0.2, -0.15) is 0 Å². The number of hydrogen-bond donors (Lipinski definition) is 1. The van der Waals surface area contributed by atoms with Gasteiger partial charge < -0.3 is 19.5 Å². The Balaban J connectivity index is 1.46. The highest BCUT2D eigenvalue weighted by Crippen LogP contribution is 2.30. The summed E-state index contributed by atoms with van der Waals surface area (Å²) in [6, 6.07) is 10.5. The second-order valence-corrected chi connectivity index (χ2v) is 6.21. The number of nitrogens with zero attached hydrogens (tertiary/aromatic N) is 1. The normalized spacial score (nSPS) is 14.8. The summed E-state index contributed by atoms with van der Waals surface area (Å²) in [6.45, 7) is -0.0885. The summed E-state index contributed by atoms with van der Waals surface area (Å²) < 4.78 is 16.1. The van der Waals surface area contributed by atoms with E-state index in [9.17, 15) is 19.7 Å². The molecule has 1 aliphatic rings. The molecule has 1 amide bonds. The topological polar surface area (TPSA) is 117 Å². The quantitative estimate of drug-likeness (QED) is 0.444. The van der Waals surface area contributed by atoms with Crippen LogP contribution in [0.4, 0.5) is 5.69 Å². The minimum Gasteiger partial charge on any atom is -0.486 e. The van der Waals surface area contributed by atoms with E-state index >= 15 is 0 Å². The lowest BCUT2D eigenvalue weighted by Gasteiger charge is -2.26. The van der Waals surface area contributed by atoms with E-state index in [1.54, 1.807) is 12.1 Å². The number of rotatable bonds is 6. The number of para-hydroxylation sites is 2. The van der Waals surface area contributed by atoms with Crippen LogP contribution in [0.2, 0.25) is 5.02 Å². The molecule has 28 heavy (non-hydrogen) atoms. The zero-order valence-corrected chi connectivity index (χ0v) is 15.2. The summed E-state index contributed by atoms with van der Waals surface area (Å²) >= 11 is 5.85. The van der Waals surface area contributed by atoms with Gasteiger partial charge in [0.25, 0.3) is 11.6 Å². The minimum absolute atomic E-state index is 0.0688. The summed E-state index contributed by atoms with van der Waals surface area (Å²) in [7, 11) is 0. The molecule has 0 bridgehead atoms. The van der Waals surface area contributed by atoms with Crippen LogP contribution in [-0.2, 0) is 9.53 Å². The number of nitrogens with one attached hydrogen (secondary N) is 1. The Morgan fingerprint density at radius 2 is 2.00 bits per heavy atom. The smallest absolute Gasteiger partial charge is 0.340 e. The highest BCUT2D eigenvalue weighted by Gasteiger charge is 2.22. The maximum atomic E-state index is 12.0. The van der Waals surface area contributed by atoms with Gasteiger partial charge in [0, 0.05) is 12.1 Å². The Bertz CT molecular complexity index is 919. The molecule has 2 aromatic carbocycles. The van der Waals surface area contributed by atoms with Gasteiger partial charge in [-0.3, -0.25) is 14.9 Å². The predicted octanol–water partition coefficient (Wildman–Crippen LogP) is 2.36. The number of esters is 1. The third-order valence-electron chi connectivity index (χ3n) is 3.81. The Morgan fingerprint density at radius 3 is 2.71 bits per heavy atom. The average Bonchev–Trinajstić information content (AvgIpc) is 2.70. The molecule has 0 saturated heterocycles. The molecule has 1 aliphatic heterocycles. The number of hydrogen-bond acceptors (Lipinski definition) is 7. The Morgan fingerprint density at radius 1 is 1.25 bits per heavy atom. The maximum Gasteiger partial charge on any atom is 0.340 e. The first-order chi connectivity index (χ1) is 13.4. The number of fused-ring (bicyclic) bond motifs is 1. The molecule has 1 N–H and O–H groups in total. The van der Waals surface area contributed by atoms with Crippen molar-refractivity contribution in [3.63, 3.8) is 0 Å². The molecule has 1 heterocycles. The van der Waals surface area contributed by atoms with Crippen molar-refractivity contribution in [3.8, 4) is 11.5 Å². The van der Waals surface area contributed by atoms with Crippen molar-refractivity contribution in [2.75, 3.05) is 19.8 Å². The van der Waals surface area contributed by atoms with Gasteiger partial charge in [0.2, 0.25) is 0 Å². The van der Waals surface area contributed by atoms with Crippen molar-refractivity contribution in [1.29, 1.82) is 0 Å². The summed E-state index contributed by atoms with van der Waals surface area (Å²) in [6.07, 6.45) is -0.376. The van der Waals surface area contributed by atoms with Crippen LogP contribution in [0.25, 0.3) is 0 Å². The number of ether oxygens (including phenoxy) is 3. The molecule has 3 rings (SSSR count). The zero-order chi connectivity index (χ0) is 20.1. The van der Waals surface area contributed by atoms with Crippen LogP contribution in [0, 0.1) is 10.1 Å². The fourth-order valence-electron chi connectivity index (χ4n) is 2.43. The van der Waals surface area contributed by atoms with Gasteiger partial charge in [0.1, 0.15) is 12.7 Å². The van der Waals surface area contributed by atoms with E-state index in [1.807, 2.05) is 12.1 Å². The average molecular weight is 407 g/mol. The number of non-ortho nitro benzene ring substituents is 1. The van der Waals surface area contributed by atoms with Crippen molar-refractivity contribution in [2.24, 2.45) is 0 Å². The fraction of sp³-hybridized carbons (Fsp3) is 0.222. The highest BCUT2D eigenvalue weighted by atomic mass is 35.5. The number of amides is 1. The molecule has 0 unspecified atom stereocenters. The Kier molecular flexibility index (Phi) is 5.95. The largest absolute Gasteiger partial charge is 0.486 e. The van der Waals surface area contributed by atoms with Crippen molar-refractivity contribution in [2.45, 2.75) is 6.10 Å². The first-order valence-electron chi connectivity index (χ1n) is 8.20. The second kappa shape index (κ2) is 8.57. The minimum atomic E-state index is -0.860. The van der Waals surface area contributed by atoms with Crippen molar-refractivity contribution < 1.29 is 28.7 Å². The number of nitro benzene ring substituents is 1. The Hall–Kier alpha value is -3.33. The molecule has 2 aromatic rings. The molecule has 0 saturated carbocycles. The van der Waals surface area contributed by atoms with Crippen molar-refractivity contribution in [3.05, 3.63) is 63.2 Å². The van der Waals surface area contributed by atoms with E-state index in [2.05, 4.69) is 5.32 Å². The zero-order valence-electron chi connectivity index (χ0n) is 14.4. The second-order valence-electron chi connectivity index (χ2n) is 5.80. The van der Waals surface area contributed by atoms with Crippen molar-refractivity contribution in [1.82, 2.24) is 5.32 Å². The number of carbonyl (C=O) groups is 2. The molecule has 146 valence electrons. The number of nitro groups is 1. The first kappa shape index (κ1) is 19.4. The summed E-state index contributed by atoms with van der Waals surface area (Å²) in [5, 5.41) is 13.1. The predicted molar refractivity (Wildman–Crippen MR) is 97.8 cm³/mol. The maximum absolute atomic E-state index is 12.0. The number of halogens is 1. The van der Waals surface area contributed by atoms with E-state index in [4.69, 9.17) is 25.8 Å². The molecular formula is C18H15ClN2O7. The van der Waals surface area contributed by atoms with Crippen LogP contribution < -0.4 is 14.8 Å². The van der Waals surface area contributed by atoms with Crippen LogP contribution in [0.5, 0.6) is 11.5 Å².